The fraction of sp³-hybridized carbons (Fsp3) is 0.769. The quantitative estimate of drug-likeness (QED) is 0.742. The van der Waals surface area contributed by atoms with Gasteiger partial charge < -0.3 is 10.2 Å². The highest BCUT2D eigenvalue weighted by Crippen LogP contribution is 2.31. The second-order valence-corrected chi connectivity index (χ2v) is 5.68. The Hall–Kier alpha value is -1.43. The van der Waals surface area contributed by atoms with Crippen LogP contribution in [-0.2, 0) is 9.59 Å². The molecule has 6 heteroatoms. The topological polar surface area (TPSA) is 73.8 Å². The van der Waals surface area contributed by atoms with Gasteiger partial charge in [0.1, 0.15) is 5.71 Å². The number of hydrogen-bond donors (Lipinski definition) is 2. The number of amides is 2. The average molecular weight is 264 g/mol. The molecule has 1 saturated carbocycles. The molecule has 3 aliphatic rings. The molecular formula is C13H20N4O2. The average Bonchev–Trinajstić information content (AvgIpc) is 3.16. The van der Waals surface area contributed by atoms with E-state index in [4.69, 9.17) is 0 Å². The lowest BCUT2D eigenvalue weighted by Gasteiger charge is -2.16. The van der Waals surface area contributed by atoms with Gasteiger partial charge in [-0.2, -0.15) is 5.10 Å². The van der Waals surface area contributed by atoms with Crippen molar-refractivity contribution in [3.63, 3.8) is 0 Å². The van der Waals surface area contributed by atoms with Gasteiger partial charge in [-0.1, -0.05) is 0 Å². The first-order valence-electron chi connectivity index (χ1n) is 7.10. The van der Waals surface area contributed by atoms with Crippen LogP contribution in [0.15, 0.2) is 5.10 Å². The van der Waals surface area contributed by atoms with Crippen LogP contribution in [0.3, 0.4) is 0 Å². The molecule has 104 valence electrons. The predicted octanol–water partition coefficient (Wildman–Crippen LogP) is -0.147. The molecule has 3 rings (SSSR count). The van der Waals surface area contributed by atoms with Crippen LogP contribution in [-0.4, -0.2) is 48.1 Å². The number of carbonyl (C=O) groups excluding carboxylic acids is 2. The Bertz CT molecular complexity index is 417. The summed E-state index contributed by atoms with van der Waals surface area (Å²) in [5, 5.41) is 6.74. The lowest BCUT2D eigenvalue weighted by molar-refractivity contribution is -0.121. The largest absolute Gasteiger partial charge is 0.351 e. The van der Waals surface area contributed by atoms with Crippen LogP contribution < -0.4 is 10.7 Å². The van der Waals surface area contributed by atoms with E-state index in [1.54, 1.807) is 0 Å². The van der Waals surface area contributed by atoms with Crippen LogP contribution in [0, 0.1) is 5.92 Å². The normalized spacial score (nSPS) is 27.9. The molecule has 1 aliphatic carbocycles. The number of hydrazone groups is 1. The van der Waals surface area contributed by atoms with Crippen molar-refractivity contribution in [1.29, 1.82) is 0 Å². The van der Waals surface area contributed by atoms with Gasteiger partial charge in [0, 0.05) is 32.0 Å². The van der Waals surface area contributed by atoms with Crippen molar-refractivity contribution in [2.24, 2.45) is 11.0 Å². The van der Waals surface area contributed by atoms with E-state index in [1.165, 1.54) is 25.8 Å². The maximum absolute atomic E-state index is 11.9. The van der Waals surface area contributed by atoms with E-state index in [0.717, 1.165) is 19.1 Å². The summed E-state index contributed by atoms with van der Waals surface area (Å²) in [5.41, 5.74) is 2.79. The molecule has 2 fully saturated rings. The van der Waals surface area contributed by atoms with E-state index in [2.05, 4.69) is 20.7 Å². The van der Waals surface area contributed by atoms with Crippen LogP contribution in [0.25, 0.3) is 0 Å². The Balaban J connectivity index is 1.42. The standard InChI is InChI=1S/C13H20N4O2/c18-12-4-3-11(15-16-12)13(19)14-7-9-5-6-17(8-9)10-1-2-10/h9-10H,1-8H2,(H,14,19)(H,16,18)/t9-/m1/s1. The molecule has 6 nitrogen and oxygen atoms in total. The van der Waals surface area contributed by atoms with Crippen molar-refractivity contribution >= 4 is 17.5 Å². The molecule has 2 amide bonds. The van der Waals surface area contributed by atoms with Crippen LogP contribution in [0.2, 0.25) is 0 Å². The number of carbonyl (C=O) groups is 2. The third-order valence-electron chi connectivity index (χ3n) is 4.10. The Morgan fingerprint density at radius 3 is 2.89 bits per heavy atom. The molecule has 0 bridgehead atoms. The highest BCUT2D eigenvalue weighted by atomic mass is 16.2. The monoisotopic (exact) mass is 264 g/mol. The van der Waals surface area contributed by atoms with Gasteiger partial charge in [-0.25, -0.2) is 5.43 Å². The molecule has 0 spiro atoms. The van der Waals surface area contributed by atoms with E-state index in [0.29, 0.717) is 24.5 Å². The Labute approximate surface area is 112 Å². The maximum Gasteiger partial charge on any atom is 0.267 e. The molecule has 19 heavy (non-hydrogen) atoms. The zero-order chi connectivity index (χ0) is 13.2. The molecule has 2 heterocycles. The minimum Gasteiger partial charge on any atom is -0.351 e. The molecule has 2 N–H and O–H groups in total. The maximum atomic E-state index is 11.9. The molecule has 0 aromatic carbocycles. The molecule has 0 radical (unpaired) electrons. The third kappa shape index (κ3) is 3.12. The highest BCUT2D eigenvalue weighted by Gasteiger charge is 2.34. The van der Waals surface area contributed by atoms with Crippen molar-refractivity contribution < 1.29 is 9.59 Å². The van der Waals surface area contributed by atoms with Gasteiger partial charge >= 0.3 is 0 Å². The lowest BCUT2D eigenvalue weighted by atomic mass is 10.1. The number of rotatable bonds is 4. The zero-order valence-corrected chi connectivity index (χ0v) is 11.0. The highest BCUT2D eigenvalue weighted by molar-refractivity contribution is 6.39. The van der Waals surface area contributed by atoms with E-state index in [1.807, 2.05) is 0 Å². The first kappa shape index (κ1) is 12.6. The summed E-state index contributed by atoms with van der Waals surface area (Å²) in [5.74, 6) is 0.306. The van der Waals surface area contributed by atoms with E-state index >= 15 is 0 Å². The number of nitrogens with zero attached hydrogens (tertiary/aromatic N) is 2. The summed E-state index contributed by atoms with van der Waals surface area (Å²) in [6.45, 7) is 2.99. The van der Waals surface area contributed by atoms with Crippen molar-refractivity contribution in [1.82, 2.24) is 15.6 Å². The van der Waals surface area contributed by atoms with Crippen LogP contribution in [0.5, 0.6) is 0 Å². The van der Waals surface area contributed by atoms with Crippen molar-refractivity contribution in [2.45, 2.75) is 38.1 Å². The molecule has 0 unspecified atom stereocenters. The zero-order valence-electron chi connectivity index (χ0n) is 11.0. The summed E-state index contributed by atoms with van der Waals surface area (Å²) in [7, 11) is 0. The molecule has 1 saturated heterocycles. The summed E-state index contributed by atoms with van der Waals surface area (Å²) >= 11 is 0. The Morgan fingerprint density at radius 2 is 2.21 bits per heavy atom. The van der Waals surface area contributed by atoms with Gasteiger partial charge in [-0.3, -0.25) is 9.59 Å². The van der Waals surface area contributed by atoms with Gasteiger partial charge in [-0.15, -0.1) is 0 Å². The first-order valence-corrected chi connectivity index (χ1v) is 7.10. The molecule has 1 atom stereocenters. The third-order valence-corrected chi connectivity index (χ3v) is 4.10. The summed E-state index contributed by atoms with van der Waals surface area (Å²) in [6.07, 6.45) is 4.65. The smallest absolute Gasteiger partial charge is 0.267 e. The van der Waals surface area contributed by atoms with E-state index < -0.39 is 0 Å². The van der Waals surface area contributed by atoms with Gasteiger partial charge in [0.15, 0.2) is 0 Å². The minimum atomic E-state index is -0.134. The van der Waals surface area contributed by atoms with Crippen molar-refractivity contribution in [2.75, 3.05) is 19.6 Å². The second kappa shape index (κ2) is 5.28. The van der Waals surface area contributed by atoms with Crippen LogP contribution in [0.1, 0.15) is 32.1 Å². The van der Waals surface area contributed by atoms with Gasteiger partial charge in [0.2, 0.25) is 5.91 Å². The van der Waals surface area contributed by atoms with Gasteiger partial charge in [0.05, 0.1) is 0 Å². The number of nitrogens with one attached hydrogen (secondary N) is 2. The number of hydrogen-bond acceptors (Lipinski definition) is 4. The van der Waals surface area contributed by atoms with Crippen molar-refractivity contribution in [3.8, 4) is 0 Å². The first-order chi connectivity index (χ1) is 9.22. The summed E-state index contributed by atoms with van der Waals surface area (Å²) in [4.78, 5) is 25.4. The van der Waals surface area contributed by atoms with E-state index in [-0.39, 0.29) is 11.8 Å². The molecule has 0 aromatic rings. The molecule has 2 aliphatic heterocycles. The summed E-state index contributed by atoms with van der Waals surface area (Å²) < 4.78 is 0. The van der Waals surface area contributed by atoms with Crippen LogP contribution in [0.4, 0.5) is 0 Å². The molecule has 0 aromatic heterocycles. The Morgan fingerprint density at radius 1 is 1.37 bits per heavy atom. The van der Waals surface area contributed by atoms with Crippen LogP contribution >= 0.6 is 0 Å². The van der Waals surface area contributed by atoms with Gasteiger partial charge in [0.25, 0.3) is 5.91 Å². The fourth-order valence-electron chi connectivity index (χ4n) is 2.78. The predicted molar refractivity (Wildman–Crippen MR) is 70.5 cm³/mol. The van der Waals surface area contributed by atoms with E-state index in [9.17, 15) is 9.59 Å². The fourth-order valence-corrected chi connectivity index (χ4v) is 2.78. The SMILES string of the molecule is O=C1CCC(C(=O)NC[C@H]2CCN(C3CC3)C2)=NN1. The Kier molecular flexibility index (Phi) is 3.50. The van der Waals surface area contributed by atoms with Crippen molar-refractivity contribution in [3.05, 3.63) is 0 Å². The minimum absolute atomic E-state index is 0.118. The summed E-state index contributed by atoms with van der Waals surface area (Å²) in [6, 6.07) is 0.818. The lowest BCUT2D eigenvalue weighted by Crippen LogP contribution is -2.39. The second-order valence-electron chi connectivity index (χ2n) is 5.68. The number of likely N-dealkylation sites (tertiary alicyclic amines) is 1. The molecular weight excluding hydrogens is 244 g/mol. The van der Waals surface area contributed by atoms with Gasteiger partial charge in [-0.05, 0) is 31.7 Å².